The van der Waals surface area contributed by atoms with Crippen molar-refractivity contribution >= 4 is 74.0 Å². The number of amides is 1. The van der Waals surface area contributed by atoms with Crippen LogP contribution in [0.4, 0.5) is 5.00 Å². The van der Waals surface area contributed by atoms with Crippen molar-refractivity contribution in [2.75, 3.05) is 58.3 Å². The first-order chi connectivity index (χ1) is 35.2. The lowest BCUT2D eigenvalue weighted by atomic mass is 9.97. The minimum Gasteiger partial charge on any atom is -0.353 e. The Morgan fingerprint density at radius 2 is 1.55 bits per heavy atom. The number of epoxide rings is 1. The van der Waals surface area contributed by atoms with Gasteiger partial charge in [0.25, 0.3) is 0 Å². The third kappa shape index (κ3) is 9.92. The summed E-state index contributed by atoms with van der Waals surface area (Å²) >= 11 is 16.4. The fourth-order valence-electron chi connectivity index (χ4n) is 10.7. The Morgan fingerprint density at radius 3 is 2.25 bits per heavy atom. The molecular formula is C53H62Cl2N14O2S2. The molecular weight excluding hydrogens is 1000 g/mol. The maximum atomic E-state index is 14.0. The number of hydrogen-bond acceptors (Lipinski definition) is 15. The third-order valence-corrected chi connectivity index (χ3v) is 18.1. The van der Waals surface area contributed by atoms with Crippen LogP contribution in [0.5, 0.6) is 0 Å². The van der Waals surface area contributed by atoms with Gasteiger partial charge in [-0.05, 0) is 96.3 Å². The van der Waals surface area contributed by atoms with Crippen LogP contribution in [0.3, 0.4) is 0 Å². The van der Waals surface area contributed by atoms with E-state index >= 15 is 0 Å². The van der Waals surface area contributed by atoms with Crippen molar-refractivity contribution in [2.45, 2.75) is 96.9 Å². The monoisotopic (exact) mass is 1060 g/mol. The summed E-state index contributed by atoms with van der Waals surface area (Å²) in [5, 5.41) is 26.9. The molecule has 0 radical (unpaired) electrons. The molecule has 20 heteroatoms. The zero-order valence-corrected chi connectivity index (χ0v) is 45.7. The molecule has 2 aromatic carbocycles. The fraction of sp³-hybridized carbons (Fsp3) is 0.453. The number of piperazine rings is 1. The molecule has 4 unspecified atom stereocenters. The molecule has 4 aromatic heterocycles. The largest absolute Gasteiger partial charge is 0.353 e. The number of likely N-dealkylation sites (N-methyl/N-ethyl adjacent to an activating group) is 1. The predicted octanol–water partition coefficient (Wildman–Crippen LogP) is 7.50. The molecule has 1 amide bonds. The van der Waals surface area contributed by atoms with E-state index in [1.165, 1.54) is 20.9 Å². The number of anilines is 1. The van der Waals surface area contributed by atoms with Gasteiger partial charge in [0.2, 0.25) is 5.91 Å². The normalized spacial score (nSPS) is 22.7. The average molecular weight is 1060 g/mol. The number of aliphatic imine (C=N–C) groups is 2. The van der Waals surface area contributed by atoms with Crippen LogP contribution in [0.25, 0.3) is 5.00 Å². The number of amidine groups is 1. The molecule has 0 saturated carbocycles. The van der Waals surface area contributed by atoms with Gasteiger partial charge in [0, 0.05) is 114 Å². The smallest absolute Gasteiger partial charge is 0.221 e. The predicted molar refractivity (Wildman–Crippen MR) is 293 cm³/mol. The molecule has 9 heterocycles. The second kappa shape index (κ2) is 20.4. The summed E-state index contributed by atoms with van der Waals surface area (Å²) in [5.74, 6) is 2.44. The minimum atomic E-state index is -0.398. The van der Waals surface area contributed by atoms with Crippen LogP contribution < -0.4 is 15.5 Å². The Labute approximate surface area is 444 Å². The minimum absolute atomic E-state index is 0.00532. The maximum absolute atomic E-state index is 14.0. The standard InChI is InChI=1S/C53H62Cl2N14O2S2/c1-29-31(3)72-53-45(29)47(34-9-13-36(54)14-10-34)60-41(50-63-66(8)33(5)69(50)53)24-56-44(70)19-20-67-22-21-64(6)27-39(67)23-43-30(2)46-48(35-11-15-37(55)16-12-35)59-40(49-62-61-32(4)68(49)52(46)73-43)25-57-51-42(71-51)18-17-38-26-65(7)28-58-38/h9-16,26,28,33,39-42,51,57H,17-25,27H2,1-8H3,(H,56,70)/t33?,39?,40-,41-,42?,51?/m0/s1. The summed E-state index contributed by atoms with van der Waals surface area (Å²) in [6.45, 7) is 14.9. The van der Waals surface area contributed by atoms with Crippen LogP contribution in [0, 0.1) is 27.7 Å². The SMILES string of the molecule is Cc1sc2c(c1C)C(c1ccc(Cl)cc1)=N[C@@H](CNC(=O)CCN1CCN(C)CC1Cc1sc3c(c1C)C(c1ccc(Cl)cc1)=N[C@@H](CNC1OC1CCc1cn(C)cn1)c1nnc(C)n1-3)C1=NN(C)C(C)N12. The molecule has 382 valence electrons. The zero-order chi connectivity index (χ0) is 50.8. The van der Waals surface area contributed by atoms with Crippen LogP contribution in [0.15, 0.2) is 76.1 Å². The van der Waals surface area contributed by atoms with Crippen LogP contribution in [-0.2, 0) is 29.4 Å². The summed E-state index contributed by atoms with van der Waals surface area (Å²) < 4.78 is 10.3. The number of aromatic nitrogens is 5. The van der Waals surface area contributed by atoms with Crippen molar-refractivity contribution in [2.24, 2.45) is 22.1 Å². The van der Waals surface area contributed by atoms with Gasteiger partial charge < -0.3 is 19.5 Å². The summed E-state index contributed by atoms with van der Waals surface area (Å²) in [6.07, 6.45) is 6.88. The van der Waals surface area contributed by atoms with Crippen LogP contribution in [-0.4, -0.2) is 146 Å². The van der Waals surface area contributed by atoms with E-state index in [0.29, 0.717) is 36.1 Å². The van der Waals surface area contributed by atoms with Crippen molar-refractivity contribution in [1.29, 1.82) is 0 Å². The van der Waals surface area contributed by atoms with Crippen molar-refractivity contribution in [3.63, 3.8) is 0 Å². The lowest BCUT2D eigenvalue weighted by molar-refractivity contribution is -0.121. The highest BCUT2D eigenvalue weighted by atomic mass is 35.5. The molecule has 6 atom stereocenters. The fourth-order valence-corrected chi connectivity index (χ4v) is 13.6. The molecule has 2 N–H and O–H groups in total. The number of halogens is 2. The summed E-state index contributed by atoms with van der Waals surface area (Å²) in [5.41, 5.74) is 9.44. The number of thiophene rings is 2. The lowest BCUT2D eigenvalue weighted by Gasteiger charge is -2.40. The van der Waals surface area contributed by atoms with Crippen molar-refractivity contribution in [3.05, 3.63) is 132 Å². The highest BCUT2D eigenvalue weighted by Gasteiger charge is 2.42. The lowest BCUT2D eigenvalue weighted by Crippen LogP contribution is -2.53. The number of rotatable bonds is 15. The van der Waals surface area contributed by atoms with E-state index < -0.39 is 6.04 Å². The van der Waals surface area contributed by atoms with E-state index in [2.05, 4.69) is 93.1 Å². The Morgan fingerprint density at radius 1 is 0.849 bits per heavy atom. The molecule has 5 aliphatic rings. The Balaban J connectivity index is 0.813. The van der Waals surface area contributed by atoms with Gasteiger partial charge in [-0.15, -0.1) is 32.9 Å². The zero-order valence-electron chi connectivity index (χ0n) is 42.6. The van der Waals surface area contributed by atoms with Crippen LogP contribution in [0.1, 0.15) is 86.3 Å². The molecule has 5 aliphatic heterocycles. The van der Waals surface area contributed by atoms with Crippen LogP contribution >= 0.6 is 45.9 Å². The topological polar surface area (TPSA) is 152 Å². The number of hydrazone groups is 1. The number of hydrogen-bond donors (Lipinski definition) is 2. The molecule has 16 nitrogen and oxygen atoms in total. The first-order valence-electron chi connectivity index (χ1n) is 25.2. The number of benzene rings is 2. The van der Waals surface area contributed by atoms with E-state index in [1.54, 1.807) is 22.7 Å². The highest BCUT2D eigenvalue weighted by molar-refractivity contribution is 7.17. The Kier molecular flexibility index (Phi) is 14.0. The average Bonchev–Trinajstić information content (AvgIpc) is 3.55. The molecule has 0 aliphatic carbocycles. The van der Waals surface area contributed by atoms with Crippen molar-refractivity contribution in [3.8, 4) is 5.00 Å². The van der Waals surface area contributed by atoms with Gasteiger partial charge in [0.15, 0.2) is 11.7 Å². The molecule has 2 fully saturated rings. The molecule has 0 bridgehead atoms. The number of nitrogens with zero attached hydrogens (tertiary/aromatic N) is 12. The molecule has 2 saturated heterocycles. The van der Waals surface area contributed by atoms with Gasteiger partial charge in [0.05, 0.1) is 29.5 Å². The molecule has 73 heavy (non-hydrogen) atoms. The number of carbonyl (C=O) groups excluding carboxylic acids is 1. The first kappa shape index (κ1) is 49.9. The maximum Gasteiger partial charge on any atom is 0.221 e. The quantitative estimate of drug-likeness (QED) is 0.0990. The third-order valence-electron chi connectivity index (χ3n) is 15.0. The summed E-state index contributed by atoms with van der Waals surface area (Å²) in [6, 6.07) is 15.3. The van der Waals surface area contributed by atoms with Crippen molar-refractivity contribution in [1.82, 2.24) is 49.8 Å². The van der Waals surface area contributed by atoms with Gasteiger partial charge in [-0.2, -0.15) is 5.10 Å². The Hall–Kier alpha value is -5.31. The number of aryl methyl sites for hydroxylation is 4. The van der Waals surface area contributed by atoms with E-state index in [0.717, 1.165) is 106 Å². The van der Waals surface area contributed by atoms with Gasteiger partial charge in [-0.25, -0.2) is 4.98 Å². The van der Waals surface area contributed by atoms with Gasteiger partial charge in [-0.3, -0.25) is 39.5 Å². The van der Waals surface area contributed by atoms with E-state index in [9.17, 15) is 4.79 Å². The second-order valence-electron chi connectivity index (χ2n) is 20.1. The van der Waals surface area contributed by atoms with Gasteiger partial charge >= 0.3 is 0 Å². The molecule has 6 aromatic rings. The second-order valence-corrected chi connectivity index (χ2v) is 23.2. The Bertz CT molecular complexity index is 3140. The number of fused-ring (bicyclic) bond motifs is 6. The number of carbonyl (C=O) groups is 1. The first-order valence-corrected chi connectivity index (χ1v) is 27.6. The number of nitrogens with one attached hydrogen (secondary N) is 2. The number of ether oxygens (including phenoxy) is 1. The summed E-state index contributed by atoms with van der Waals surface area (Å²) in [4.78, 5) is 39.2. The van der Waals surface area contributed by atoms with Gasteiger partial charge in [0.1, 0.15) is 40.3 Å². The van der Waals surface area contributed by atoms with E-state index in [1.807, 2.05) is 73.3 Å². The molecule has 11 rings (SSSR count). The van der Waals surface area contributed by atoms with E-state index in [-0.39, 0.29) is 36.5 Å². The van der Waals surface area contributed by atoms with Crippen molar-refractivity contribution < 1.29 is 9.53 Å². The van der Waals surface area contributed by atoms with E-state index in [4.69, 9.17) is 48.1 Å². The molecule has 0 spiro atoms. The highest BCUT2D eigenvalue weighted by Crippen LogP contribution is 2.44. The summed E-state index contributed by atoms with van der Waals surface area (Å²) in [7, 11) is 6.18. The number of imidazole rings is 1. The van der Waals surface area contributed by atoms with Crippen LogP contribution in [0.2, 0.25) is 10.0 Å². The van der Waals surface area contributed by atoms with Gasteiger partial charge in [-0.1, -0.05) is 47.5 Å².